The van der Waals surface area contributed by atoms with Crippen LogP contribution in [0.5, 0.6) is 0 Å². The van der Waals surface area contributed by atoms with Gasteiger partial charge in [0.05, 0.1) is 11.9 Å². The highest BCUT2D eigenvalue weighted by atomic mass is 35.5. The van der Waals surface area contributed by atoms with Crippen LogP contribution in [0, 0.1) is 0 Å². The molecule has 5 rings (SSSR count). The predicted molar refractivity (Wildman–Crippen MR) is 142 cm³/mol. The lowest BCUT2D eigenvalue weighted by atomic mass is 10.2. The molecule has 1 amide bonds. The minimum atomic E-state index is -0.830. The van der Waals surface area contributed by atoms with Crippen LogP contribution < -0.4 is 10.7 Å². The first-order valence-corrected chi connectivity index (χ1v) is 12.2. The van der Waals surface area contributed by atoms with E-state index in [1.54, 1.807) is 29.8 Å². The fourth-order valence-electron chi connectivity index (χ4n) is 4.31. The zero-order valence-corrected chi connectivity index (χ0v) is 21.2. The zero-order chi connectivity index (χ0) is 26.1. The van der Waals surface area contributed by atoms with E-state index in [9.17, 15) is 14.7 Å². The van der Waals surface area contributed by atoms with Gasteiger partial charge < -0.3 is 23.8 Å². The number of hydrogen-bond donors (Lipinski definition) is 2. The number of fused-ring (bicyclic) bond motifs is 2. The summed E-state index contributed by atoms with van der Waals surface area (Å²) in [5.74, 6) is 0.562. The topological polar surface area (TPSA) is 101 Å². The molecule has 3 heterocycles. The quantitative estimate of drug-likeness (QED) is 0.310. The smallest absolute Gasteiger partial charge is 0.257 e. The van der Waals surface area contributed by atoms with Gasteiger partial charge in [-0.2, -0.15) is 0 Å². The molecule has 1 unspecified atom stereocenters. The molecule has 0 fully saturated rings. The summed E-state index contributed by atoms with van der Waals surface area (Å²) in [6.07, 6.45) is 0.647. The summed E-state index contributed by atoms with van der Waals surface area (Å²) < 4.78 is 13.3. The highest BCUT2D eigenvalue weighted by molar-refractivity contribution is 6.30. The van der Waals surface area contributed by atoms with E-state index < -0.39 is 17.4 Å². The monoisotopic (exact) mass is 519 g/mol. The Labute approximate surface area is 217 Å². The Morgan fingerprint density at radius 1 is 1.14 bits per heavy atom. The molecule has 0 aliphatic rings. The van der Waals surface area contributed by atoms with Gasteiger partial charge in [0.2, 0.25) is 11.1 Å². The van der Waals surface area contributed by atoms with E-state index in [2.05, 4.69) is 5.32 Å². The second-order valence-electron chi connectivity index (χ2n) is 9.12. The number of furan rings is 2. The number of amides is 1. The zero-order valence-electron chi connectivity index (χ0n) is 20.4. The van der Waals surface area contributed by atoms with Crippen molar-refractivity contribution in [1.29, 1.82) is 0 Å². The Kier molecular flexibility index (Phi) is 6.88. The van der Waals surface area contributed by atoms with Crippen molar-refractivity contribution in [2.75, 3.05) is 13.6 Å². The maximum Gasteiger partial charge on any atom is 0.257 e. The van der Waals surface area contributed by atoms with Gasteiger partial charge in [-0.05, 0) is 42.9 Å². The molecule has 1 atom stereocenters. The molecule has 0 aliphatic carbocycles. The van der Waals surface area contributed by atoms with E-state index in [1.165, 1.54) is 6.20 Å². The van der Waals surface area contributed by atoms with Gasteiger partial charge in [-0.15, -0.1) is 0 Å². The van der Waals surface area contributed by atoms with Gasteiger partial charge >= 0.3 is 0 Å². The minimum absolute atomic E-state index is 0.0324. The van der Waals surface area contributed by atoms with Crippen molar-refractivity contribution in [2.45, 2.75) is 19.2 Å². The van der Waals surface area contributed by atoms with Gasteiger partial charge in [0.25, 0.3) is 5.91 Å². The Morgan fingerprint density at radius 2 is 1.89 bits per heavy atom. The minimum Gasteiger partial charge on any atom is -0.458 e. The first kappa shape index (κ1) is 24.8. The predicted octanol–water partition coefficient (Wildman–Crippen LogP) is 4.63. The first-order chi connectivity index (χ1) is 17.8. The van der Waals surface area contributed by atoms with E-state index in [-0.39, 0.29) is 12.1 Å². The van der Waals surface area contributed by atoms with Crippen LogP contribution in [-0.4, -0.2) is 34.1 Å². The van der Waals surface area contributed by atoms with Gasteiger partial charge in [-0.3, -0.25) is 14.5 Å². The molecular weight excluding hydrogens is 494 g/mol. The number of benzene rings is 2. The SMILES string of the molecule is CN(Cc1cc2c(=O)c(C(=O)NCc3ccc(Cl)cc3)cn(C)c2o1)CC(O)c1cc2ccccc2o1. The molecule has 9 heteroatoms. The van der Waals surface area contributed by atoms with E-state index in [1.807, 2.05) is 54.4 Å². The summed E-state index contributed by atoms with van der Waals surface area (Å²) in [6, 6.07) is 18.2. The summed E-state index contributed by atoms with van der Waals surface area (Å²) in [6.45, 7) is 0.918. The van der Waals surface area contributed by atoms with Crippen LogP contribution >= 0.6 is 11.6 Å². The summed E-state index contributed by atoms with van der Waals surface area (Å²) >= 11 is 5.91. The summed E-state index contributed by atoms with van der Waals surface area (Å²) in [5.41, 5.74) is 1.60. The number of carbonyl (C=O) groups is 1. The highest BCUT2D eigenvalue weighted by Gasteiger charge is 2.20. The van der Waals surface area contributed by atoms with Crippen LogP contribution in [0.1, 0.15) is 33.5 Å². The van der Waals surface area contributed by atoms with Gasteiger partial charge in [0, 0.05) is 36.7 Å². The number of nitrogens with zero attached hydrogens (tertiary/aromatic N) is 2. The fourth-order valence-corrected chi connectivity index (χ4v) is 4.44. The first-order valence-electron chi connectivity index (χ1n) is 11.8. The van der Waals surface area contributed by atoms with Gasteiger partial charge in [-0.25, -0.2) is 0 Å². The highest BCUT2D eigenvalue weighted by Crippen LogP contribution is 2.25. The van der Waals surface area contributed by atoms with Gasteiger partial charge in [0.1, 0.15) is 28.8 Å². The molecule has 8 nitrogen and oxygen atoms in total. The number of hydrogen-bond acceptors (Lipinski definition) is 6. The van der Waals surface area contributed by atoms with Gasteiger partial charge in [-0.1, -0.05) is 41.9 Å². The number of nitrogens with one attached hydrogen (secondary N) is 1. The normalized spacial score (nSPS) is 12.5. The van der Waals surface area contributed by atoms with Crippen LogP contribution in [0.15, 0.2) is 80.5 Å². The number of carbonyl (C=O) groups excluding carboxylic acids is 1. The number of pyridine rings is 1. The lowest BCUT2D eigenvalue weighted by Gasteiger charge is -2.18. The van der Waals surface area contributed by atoms with E-state index >= 15 is 0 Å². The largest absolute Gasteiger partial charge is 0.458 e. The van der Waals surface area contributed by atoms with Crippen molar-refractivity contribution >= 4 is 39.6 Å². The van der Waals surface area contributed by atoms with Crippen molar-refractivity contribution < 1.29 is 18.7 Å². The van der Waals surface area contributed by atoms with Crippen molar-refractivity contribution in [2.24, 2.45) is 7.05 Å². The molecule has 0 spiro atoms. The average Bonchev–Trinajstić information content (AvgIpc) is 3.50. The van der Waals surface area contributed by atoms with Crippen LogP contribution in [0.3, 0.4) is 0 Å². The van der Waals surface area contributed by atoms with Crippen LogP contribution in [0.4, 0.5) is 0 Å². The number of aromatic nitrogens is 1. The number of aryl methyl sites for hydroxylation is 1. The number of aliphatic hydroxyl groups excluding tert-OH is 1. The lowest BCUT2D eigenvalue weighted by molar-refractivity contribution is 0.0949. The molecule has 0 radical (unpaired) electrons. The molecule has 190 valence electrons. The number of aliphatic hydroxyl groups is 1. The molecule has 0 saturated heterocycles. The molecule has 0 saturated carbocycles. The van der Waals surface area contributed by atoms with E-state index in [4.69, 9.17) is 20.4 Å². The van der Waals surface area contributed by atoms with Crippen LogP contribution in [-0.2, 0) is 20.1 Å². The van der Waals surface area contributed by atoms with Crippen molar-refractivity contribution in [3.8, 4) is 0 Å². The molecule has 0 bridgehead atoms. The van der Waals surface area contributed by atoms with Crippen molar-refractivity contribution in [1.82, 2.24) is 14.8 Å². The maximum atomic E-state index is 13.1. The number of likely N-dealkylation sites (N-methyl/N-ethyl adjacent to an activating group) is 1. The second-order valence-corrected chi connectivity index (χ2v) is 9.56. The fraction of sp³-hybridized carbons (Fsp3) is 0.214. The third-order valence-corrected chi connectivity index (χ3v) is 6.44. The molecule has 5 aromatic rings. The third-order valence-electron chi connectivity index (χ3n) is 6.19. The van der Waals surface area contributed by atoms with E-state index in [0.29, 0.717) is 40.7 Å². The summed E-state index contributed by atoms with van der Waals surface area (Å²) in [5, 5.41) is 15.3. The molecule has 2 aromatic carbocycles. The molecule has 2 N–H and O–H groups in total. The second kappa shape index (κ2) is 10.3. The Bertz CT molecular complexity index is 1600. The number of halogens is 1. The molecular formula is C28H26ClN3O5. The van der Waals surface area contributed by atoms with Gasteiger partial charge in [0.15, 0.2) is 0 Å². The summed E-state index contributed by atoms with van der Waals surface area (Å²) in [7, 11) is 3.56. The molecule has 0 aliphatic heterocycles. The van der Waals surface area contributed by atoms with E-state index in [0.717, 1.165) is 16.5 Å². The molecule has 3 aromatic heterocycles. The van der Waals surface area contributed by atoms with Crippen LogP contribution in [0.25, 0.3) is 22.1 Å². The summed E-state index contributed by atoms with van der Waals surface area (Å²) in [4.78, 5) is 27.8. The van der Waals surface area contributed by atoms with Crippen molar-refractivity contribution in [3.63, 3.8) is 0 Å². The number of para-hydroxylation sites is 1. The molecule has 37 heavy (non-hydrogen) atoms. The maximum absolute atomic E-state index is 13.1. The standard InChI is InChI=1S/C28H26ClN3O5/c1-31(16-23(33)25-11-18-5-3-4-6-24(18)37-25)14-20-12-21-26(34)22(15-32(2)28(21)36-20)27(35)30-13-17-7-9-19(29)10-8-17/h3-12,15,23,33H,13-14,16H2,1-2H3,(H,30,35). The third kappa shape index (κ3) is 5.32. The Hall–Kier alpha value is -3.85. The lowest BCUT2D eigenvalue weighted by Crippen LogP contribution is -2.29. The Balaban J connectivity index is 1.29. The van der Waals surface area contributed by atoms with Crippen molar-refractivity contribution in [3.05, 3.63) is 105 Å². The Morgan fingerprint density at radius 3 is 2.65 bits per heavy atom. The average molecular weight is 520 g/mol. The number of rotatable bonds is 8. The van der Waals surface area contributed by atoms with Crippen LogP contribution in [0.2, 0.25) is 5.02 Å².